The number of ether oxygens (including phenoxy) is 1. The van der Waals surface area contributed by atoms with Crippen LogP contribution in [0.2, 0.25) is 0 Å². The highest BCUT2D eigenvalue weighted by Gasteiger charge is 2.12. The van der Waals surface area contributed by atoms with Crippen LogP contribution in [0.5, 0.6) is 0 Å². The van der Waals surface area contributed by atoms with Gasteiger partial charge in [0.2, 0.25) is 0 Å². The van der Waals surface area contributed by atoms with E-state index in [9.17, 15) is 9.90 Å². The summed E-state index contributed by atoms with van der Waals surface area (Å²) < 4.78 is 5.26. The number of carbonyl (C=O) groups excluding carboxylic acids is 1. The first-order valence-corrected chi connectivity index (χ1v) is 4.47. The second-order valence-electron chi connectivity index (χ2n) is 4.10. The largest absolute Gasteiger partial charge is 0.848 e. The Morgan fingerprint density at radius 3 is 2.38 bits per heavy atom. The van der Waals surface area contributed by atoms with Crippen molar-refractivity contribution < 1.29 is 19.1 Å². The molecule has 0 N–H and O–H groups in total. The summed E-state index contributed by atoms with van der Waals surface area (Å²) in [6.07, 6.45) is -0.886. The second-order valence-corrected chi connectivity index (χ2v) is 4.10. The number of hydrogen-bond donors (Lipinski definition) is 0. The maximum Gasteiger partial charge on any atom is 0.304 e. The molecular weight excluding hydrogens is 170 g/mol. The molecule has 0 saturated carbocycles. The summed E-state index contributed by atoms with van der Waals surface area (Å²) in [5.41, 5.74) is 0. The fraction of sp³-hybridized carbons (Fsp3) is 0.889. The Bertz CT molecular complexity index is 163. The molecule has 0 rings (SSSR count). The molecule has 0 saturated heterocycles. The van der Waals surface area contributed by atoms with E-state index in [1.807, 2.05) is 21.1 Å². The first-order valence-electron chi connectivity index (χ1n) is 4.47. The van der Waals surface area contributed by atoms with E-state index in [0.717, 1.165) is 0 Å². The monoisotopic (exact) mass is 189 g/mol. The summed E-state index contributed by atoms with van der Waals surface area (Å²) in [5, 5.41) is 11.3. The molecule has 0 fully saturated rings. The molecule has 0 radical (unpaired) electrons. The van der Waals surface area contributed by atoms with Crippen LogP contribution in [0, 0.1) is 0 Å². The van der Waals surface area contributed by atoms with Gasteiger partial charge in [0, 0.05) is 6.42 Å². The van der Waals surface area contributed by atoms with E-state index in [-0.39, 0.29) is 6.42 Å². The highest BCUT2D eigenvalue weighted by Crippen LogP contribution is 1.98. The van der Waals surface area contributed by atoms with E-state index in [4.69, 9.17) is 0 Å². The van der Waals surface area contributed by atoms with Crippen LogP contribution >= 0.6 is 0 Å². The van der Waals surface area contributed by atoms with Crippen molar-refractivity contribution in [2.75, 3.05) is 34.3 Å². The fourth-order valence-electron chi connectivity index (χ4n) is 1.08. The van der Waals surface area contributed by atoms with Crippen molar-refractivity contribution in [1.29, 1.82) is 0 Å². The van der Waals surface area contributed by atoms with Gasteiger partial charge in [-0.05, 0) is 6.92 Å². The zero-order chi connectivity index (χ0) is 10.5. The van der Waals surface area contributed by atoms with Crippen molar-refractivity contribution in [3.05, 3.63) is 0 Å². The second kappa shape index (κ2) is 5.19. The third-order valence-corrected chi connectivity index (χ3v) is 1.45. The third-order valence-electron chi connectivity index (χ3n) is 1.45. The molecule has 4 heteroatoms. The van der Waals surface area contributed by atoms with Crippen LogP contribution in [0.25, 0.3) is 0 Å². The number of hydrogen-bond acceptors (Lipinski definition) is 3. The number of quaternary nitrogens is 1. The Morgan fingerprint density at radius 2 is 2.00 bits per heavy atom. The van der Waals surface area contributed by atoms with Crippen molar-refractivity contribution in [2.24, 2.45) is 0 Å². The van der Waals surface area contributed by atoms with Crippen LogP contribution in [-0.2, 0) is 9.53 Å². The molecule has 0 spiro atoms. The molecule has 0 aliphatic rings. The fourth-order valence-corrected chi connectivity index (χ4v) is 1.08. The molecule has 0 bridgehead atoms. The lowest BCUT2D eigenvalue weighted by atomic mass is 10.2. The Kier molecular flexibility index (Phi) is 4.95. The molecule has 0 aromatic rings. The lowest BCUT2D eigenvalue weighted by Gasteiger charge is -2.31. The quantitative estimate of drug-likeness (QED) is 0.427. The topological polar surface area (TPSA) is 49.4 Å². The molecule has 0 aromatic heterocycles. The summed E-state index contributed by atoms with van der Waals surface area (Å²) in [5.74, 6) is -0.393. The number of esters is 1. The molecule has 1 atom stereocenters. The minimum atomic E-state index is -0.862. The average Bonchev–Trinajstić information content (AvgIpc) is 1.81. The van der Waals surface area contributed by atoms with Gasteiger partial charge in [-0.15, -0.1) is 0 Å². The summed E-state index contributed by atoms with van der Waals surface area (Å²) in [6, 6.07) is 0. The number of rotatable bonds is 5. The Balaban J connectivity index is 3.74. The van der Waals surface area contributed by atoms with Gasteiger partial charge in [0.1, 0.15) is 0 Å². The molecule has 0 aromatic carbocycles. The van der Waals surface area contributed by atoms with E-state index in [1.165, 1.54) is 0 Å². The number of nitrogens with zero attached hydrogens (tertiary/aromatic N) is 1. The van der Waals surface area contributed by atoms with Gasteiger partial charge in [0.25, 0.3) is 0 Å². The lowest BCUT2D eigenvalue weighted by Crippen LogP contribution is -2.47. The Labute approximate surface area is 79.7 Å². The van der Waals surface area contributed by atoms with E-state index >= 15 is 0 Å². The van der Waals surface area contributed by atoms with E-state index in [1.54, 1.807) is 6.92 Å². The first-order chi connectivity index (χ1) is 5.85. The van der Waals surface area contributed by atoms with Crippen LogP contribution in [0.15, 0.2) is 0 Å². The van der Waals surface area contributed by atoms with Crippen LogP contribution in [0.1, 0.15) is 13.3 Å². The number of likely N-dealkylation sites (N-methyl/N-ethyl adjacent to an activating group) is 1. The van der Waals surface area contributed by atoms with E-state index in [0.29, 0.717) is 17.6 Å². The summed E-state index contributed by atoms with van der Waals surface area (Å²) in [6.45, 7) is 2.52. The molecule has 1 unspecified atom stereocenters. The summed E-state index contributed by atoms with van der Waals surface area (Å²) >= 11 is 0. The zero-order valence-corrected chi connectivity index (χ0v) is 8.87. The van der Waals surface area contributed by atoms with Gasteiger partial charge >= 0.3 is 5.97 Å². The highest BCUT2D eigenvalue weighted by atomic mass is 16.5. The standard InChI is InChI=1S/C9H19NO3/c1-5-13-9(12)6-8(11)7-10(2,3)4/h8H,5-7H2,1-4H3. The molecular formula is C9H19NO3. The molecule has 0 heterocycles. The van der Waals surface area contributed by atoms with Crippen LogP contribution in [0.3, 0.4) is 0 Å². The molecule has 13 heavy (non-hydrogen) atoms. The van der Waals surface area contributed by atoms with Gasteiger partial charge in [0.15, 0.2) is 0 Å². The predicted octanol–water partition coefficient (Wildman–Crippen LogP) is -0.625. The van der Waals surface area contributed by atoms with Gasteiger partial charge in [-0.1, -0.05) is 6.10 Å². The predicted molar refractivity (Wildman–Crippen MR) is 47.9 cm³/mol. The molecule has 78 valence electrons. The minimum Gasteiger partial charge on any atom is -0.848 e. The maximum atomic E-state index is 11.3. The Morgan fingerprint density at radius 1 is 1.46 bits per heavy atom. The van der Waals surface area contributed by atoms with Gasteiger partial charge in [0.05, 0.1) is 34.3 Å². The molecule has 0 amide bonds. The van der Waals surface area contributed by atoms with Crippen LogP contribution < -0.4 is 5.11 Å². The van der Waals surface area contributed by atoms with Crippen molar-refractivity contribution in [1.82, 2.24) is 0 Å². The van der Waals surface area contributed by atoms with E-state index in [2.05, 4.69) is 4.74 Å². The minimum absolute atomic E-state index is 0.0244. The zero-order valence-electron chi connectivity index (χ0n) is 8.87. The van der Waals surface area contributed by atoms with Crippen molar-refractivity contribution >= 4 is 5.97 Å². The molecule has 0 aliphatic heterocycles. The molecule has 0 aliphatic carbocycles. The van der Waals surface area contributed by atoms with Gasteiger partial charge in [-0.3, -0.25) is 4.79 Å². The SMILES string of the molecule is CCOC(=O)CC([O-])C[N+](C)(C)C. The molecule has 4 nitrogen and oxygen atoms in total. The smallest absolute Gasteiger partial charge is 0.304 e. The van der Waals surface area contributed by atoms with Crippen molar-refractivity contribution in [3.63, 3.8) is 0 Å². The Hall–Kier alpha value is -0.610. The van der Waals surface area contributed by atoms with Gasteiger partial charge in [-0.2, -0.15) is 0 Å². The maximum absolute atomic E-state index is 11.3. The number of carbonyl (C=O) groups is 1. The van der Waals surface area contributed by atoms with Crippen LogP contribution in [0.4, 0.5) is 0 Å². The summed E-state index contributed by atoms with van der Waals surface area (Å²) in [7, 11) is 5.78. The van der Waals surface area contributed by atoms with Crippen LogP contribution in [-0.4, -0.2) is 50.9 Å². The average molecular weight is 189 g/mol. The third kappa shape index (κ3) is 7.74. The van der Waals surface area contributed by atoms with Crippen molar-refractivity contribution in [2.45, 2.75) is 19.4 Å². The first kappa shape index (κ1) is 12.4. The summed E-state index contributed by atoms with van der Waals surface area (Å²) in [4.78, 5) is 10.9. The van der Waals surface area contributed by atoms with Gasteiger partial charge in [-0.25, -0.2) is 0 Å². The lowest BCUT2D eigenvalue weighted by molar-refractivity contribution is -0.880. The van der Waals surface area contributed by atoms with E-state index < -0.39 is 12.1 Å². The van der Waals surface area contributed by atoms with Gasteiger partial charge < -0.3 is 14.3 Å². The normalized spacial score (nSPS) is 13.9. The highest BCUT2D eigenvalue weighted by molar-refractivity contribution is 5.69. The van der Waals surface area contributed by atoms with Crippen molar-refractivity contribution in [3.8, 4) is 0 Å².